The lowest BCUT2D eigenvalue weighted by molar-refractivity contribution is 0.0696. The van der Waals surface area contributed by atoms with Crippen molar-refractivity contribution in [2.45, 2.75) is 38.8 Å². The van der Waals surface area contributed by atoms with Crippen molar-refractivity contribution in [1.82, 2.24) is 9.88 Å². The molecule has 1 aliphatic rings. The summed E-state index contributed by atoms with van der Waals surface area (Å²) in [6.45, 7) is 3.93. The Labute approximate surface area is 164 Å². The molecule has 1 atom stereocenters. The van der Waals surface area contributed by atoms with Crippen molar-refractivity contribution in [3.63, 3.8) is 0 Å². The van der Waals surface area contributed by atoms with Crippen molar-refractivity contribution in [3.05, 3.63) is 64.8 Å². The minimum atomic E-state index is -0.883. The van der Waals surface area contributed by atoms with Gasteiger partial charge >= 0.3 is 5.97 Å². The van der Waals surface area contributed by atoms with Crippen molar-refractivity contribution in [2.24, 2.45) is 0 Å². The number of rotatable bonds is 5. The number of nitrogens with one attached hydrogen (secondary N) is 1. The van der Waals surface area contributed by atoms with Crippen LogP contribution in [-0.4, -0.2) is 34.6 Å². The second kappa shape index (κ2) is 7.68. The minimum absolute atomic E-state index is 0.289. The number of benzene rings is 2. The first-order chi connectivity index (χ1) is 13.6. The van der Waals surface area contributed by atoms with Crippen LogP contribution in [0.3, 0.4) is 0 Å². The summed E-state index contributed by atoms with van der Waals surface area (Å²) in [6, 6.07) is 11.9. The number of aromatic amines is 1. The molecule has 1 saturated heterocycles. The van der Waals surface area contributed by atoms with Gasteiger partial charge in [-0.05, 0) is 61.7 Å². The number of carboxylic acids is 1. The highest BCUT2D eigenvalue weighted by molar-refractivity contribution is 5.88. The summed E-state index contributed by atoms with van der Waals surface area (Å²) in [5.74, 6) is 0.0430. The van der Waals surface area contributed by atoms with E-state index in [1.54, 1.807) is 19.2 Å². The van der Waals surface area contributed by atoms with Gasteiger partial charge in [-0.3, -0.25) is 4.90 Å². The van der Waals surface area contributed by atoms with E-state index in [2.05, 4.69) is 28.9 Å². The highest BCUT2D eigenvalue weighted by Crippen LogP contribution is 2.37. The largest absolute Gasteiger partial charge is 0.496 e. The Hall–Kier alpha value is -2.79. The van der Waals surface area contributed by atoms with Crippen molar-refractivity contribution < 1.29 is 14.6 Å². The number of aromatic nitrogens is 1. The fraction of sp³-hybridized carbons (Fsp3) is 0.348. The van der Waals surface area contributed by atoms with E-state index in [0.29, 0.717) is 5.56 Å². The van der Waals surface area contributed by atoms with Gasteiger partial charge in [-0.15, -0.1) is 0 Å². The van der Waals surface area contributed by atoms with Crippen LogP contribution >= 0.6 is 0 Å². The number of carboxylic acid groups (broad SMARTS) is 1. The number of hydrogen-bond donors (Lipinski definition) is 2. The number of H-pyrrole nitrogens is 1. The Kier molecular flexibility index (Phi) is 5.09. The molecule has 0 amide bonds. The van der Waals surface area contributed by atoms with E-state index in [1.165, 1.54) is 34.9 Å². The van der Waals surface area contributed by atoms with Gasteiger partial charge in [0.1, 0.15) is 5.75 Å². The van der Waals surface area contributed by atoms with Crippen LogP contribution in [0, 0.1) is 6.92 Å². The highest BCUT2D eigenvalue weighted by Gasteiger charge is 2.26. The molecule has 1 unspecified atom stereocenters. The molecule has 2 aromatic carbocycles. The molecular formula is C23H26N2O3. The fourth-order valence-electron chi connectivity index (χ4n) is 4.39. The summed E-state index contributed by atoms with van der Waals surface area (Å²) in [4.78, 5) is 17.0. The van der Waals surface area contributed by atoms with Crippen LogP contribution in [0.15, 0.2) is 42.6 Å². The van der Waals surface area contributed by atoms with Crippen LogP contribution in [0.2, 0.25) is 0 Å². The number of aryl methyl sites for hydroxylation is 1. The molecule has 0 saturated carbocycles. The van der Waals surface area contributed by atoms with E-state index in [4.69, 9.17) is 9.84 Å². The van der Waals surface area contributed by atoms with Gasteiger partial charge in [-0.25, -0.2) is 4.79 Å². The lowest BCUT2D eigenvalue weighted by Crippen LogP contribution is -2.33. The molecule has 3 aromatic rings. The zero-order chi connectivity index (χ0) is 19.7. The second-order valence-electron chi connectivity index (χ2n) is 7.55. The fourth-order valence-corrected chi connectivity index (χ4v) is 4.39. The molecule has 0 bridgehead atoms. The molecule has 2 heterocycles. The first kappa shape index (κ1) is 18.6. The van der Waals surface area contributed by atoms with Gasteiger partial charge in [0.15, 0.2) is 0 Å². The topological polar surface area (TPSA) is 65.6 Å². The lowest BCUT2D eigenvalue weighted by atomic mass is 9.93. The van der Waals surface area contributed by atoms with Gasteiger partial charge < -0.3 is 14.8 Å². The number of piperidine rings is 1. The summed E-state index contributed by atoms with van der Waals surface area (Å²) >= 11 is 0. The van der Waals surface area contributed by atoms with Gasteiger partial charge in [0.25, 0.3) is 0 Å². The van der Waals surface area contributed by atoms with E-state index in [9.17, 15) is 4.79 Å². The Morgan fingerprint density at radius 1 is 1.25 bits per heavy atom. The molecule has 1 aliphatic heterocycles. The Bertz CT molecular complexity index is 991. The van der Waals surface area contributed by atoms with E-state index >= 15 is 0 Å². The highest BCUT2D eigenvalue weighted by atomic mass is 16.5. The first-order valence-electron chi connectivity index (χ1n) is 9.79. The van der Waals surface area contributed by atoms with Gasteiger partial charge in [0, 0.05) is 35.2 Å². The van der Waals surface area contributed by atoms with Crippen molar-refractivity contribution in [1.29, 1.82) is 0 Å². The number of likely N-dealkylation sites (tertiary alicyclic amines) is 1. The Morgan fingerprint density at radius 3 is 2.75 bits per heavy atom. The third kappa shape index (κ3) is 3.38. The summed E-state index contributed by atoms with van der Waals surface area (Å²) in [5.41, 5.74) is 5.06. The maximum atomic E-state index is 11.2. The number of carbonyl (C=O) groups is 1. The predicted molar refractivity (Wildman–Crippen MR) is 110 cm³/mol. The van der Waals surface area contributed by atoms with E-state index in [1.807, 2.05) is 18.3 Å². The van der Waals surface area contributed by atoms with Crippen LogP contribution in [0.1, 0.15) is 52.4 Å². The standard InChI is InChI=1S/C23H26N2O3/c1-15-13-21(28-2)19(18-10-11-24-22(15)18)14-25-12-4-3-5-20(25)16-6-8-17(9-7-16)23(26)27/h6-11,13,20,24H,3-5,12,14H2,1-2H3,(H,26,27). The first-order valence-corrected chi connectivity index (χ1v) is 9.79. The average molecular weight is 378 g/mol. The SMILES string of the molecule is COc1cc(C)c2[nH]ccc2c1CN1CCCCC1c1ccc(C(=O)O)cc1. The van der Waals surface area contributed by atoms with Gasteiger partial charge in [0.05, 0.1) is 12.7 Å². The minimum Gasteiger partial charge on any atom is -0.496 e. The number of aromatic carboxylic acids is 1. The predicted octanol–water partition coefficient (Wildman–Crippen LogP) is 4.91. The van der Waals surface area contributed by atoms with Crippen LogP contribution in [-0.2, 0) is 6.54 Å². The molecule has 2 N–H and O–H groups in total. The molecule has 1 fully saturated rings. The number of nitrogens with zero attached hydrogens (tertiary/aromatic N) is 1. The van der Waals surface area contributed by atoms with E-state index in [-0.39, 0.29) is 6.04 Å². The average Bonchev–Trinajstić information content (AvgIpc) is 3.21. The molecule has 4 rings (SSSR count). The third-order valence-electron chi connectivity index (χ3n) is 5.85. The van der Waals surface area contributed by atoms with Gasteiger partial charge in [-0.2, -0.15) is 0 Å². The second-order valence-corrected chi connectivity index (χ2v) is 7.55. The van der Waals surface area contributed by atoms with Crippen LogP contribution in [0.25, 0.3) is 10.9 Å². The van der Waals surface area contributed by atoms with Crippen molar-refractivity contribution in [2.75, 3.05) is 13.7 Å². The summed E-state index contributed by atoms with van der Waals surface area (Å²) in [5, 5.41) is 10.4. The number of hydrogen-bond acceptors (Lipinski definition) is 3. The molecule has 0 radical (unpaired) electrons. The molecule has 0 aliphatic carbocycles. The molecule has 5 heteroatoms. The monoisotopic (exact) mass is 378 g/mol. The summed E-state index contributed by atoms with van der Waals surface area (Å²) in [7, 11) is 1.73. The summed E-state index contributed by atoms with van der Waals surface area (Å²) < 4.78 is 5.72. The number of ether oxygens (including phenoxy) is 1. The van der Waals surface area contributed by atoms with Crippen molar-refractivity contribution in [3.8, 4) is 5.75 Å². The zero-order valence-corrected chi connectivity index (χ0v) is 16.4. The number of fused-ring (bicyclic) bond motifs is 1. The molecular weight excluding hydrogens is 352 g/mol. The smallest absolute Gasteiger partial charge is 0.335 e. The Balaban J connectivity index is 1.68. The molecule has 28 heavy (non-hydrogen) atoms. The van der Waals surface area contributed by atoms with Crippen LogP contribution in [0.4, 0.5) is 0 Å². The summed E-state index contributed by atoms with van der Waals surface area (Å²) in [6.07, 6.45) is 5.43. The normalized spacial score (nSPS) is 17.7. The Morgan fingerprint density at radius 2 is 2.04 bits per heavy atom. The molecule has 1 aromatic heterocycles. The van der Waals surface area contributed by atoms with Gasteiger partial charge in [-0.1, -0.05) is 18.6 Å². The zero-order valence-electron chi connectivity index (χ0n) is 16.4. The van der Waals surface area contributed by atoms with E-state index in [0.717, 1.165) is 30.8 Å². The van der Waals surface area contributed by atoms with Crippen LogP contribution < -0.4 is 4.74 Å². The van der Waals surface area contributed by atoms with Gasteiger partial charge in [0.2, 0.25) is 0 Å². The van der Waals surface area contributed by atoms with Crippen molar-refractivity contribution >= 4 is 16.9 Å². The maximum absolute atomic E-state index is 11.2. The molecule has 146 valence electrons. The number of methoxy groups -OCH3 is 1. The quantitative estimate of drug-likeness (QED) is 0.662. The molecule has 5 nitrogen and oxygen atoms in total. The third-order valence-corrected chi connectivity index (χ3v) is 5.85. The maximum Gasteiger partial charge on any atom is 0.335 e. The van der Waals surface area contributed by atoms with E-state index < -0.39 is 5.97 Å². The lowest BCUT2D eigenvalue weighted by Gasteiger charge is -2.36. The molecule has 0 spiro atoms. The van der Waals surface area contributed by atoms with Crippen LogP contribution in [0.5, 0.6) is 5.75 Å².